The van der Waals surface area contributed by atoms with Crippen LogP contribution >= 0.6 is 38.5 Å². The van der Waals surface area contributed by atoms with Crippen LogP contribution in [0, 0.1) is 3.57 Å². The van der Waals surface area contributed by atoms with Crippen molar-refractivity contribution >= 4 is 50.6 Å². The third-order valence-electron chi connectivity index (χ3n) is 2.44. The average Bonchev–Trinajstić information content (AvgIpc) is 2.42. The summed E-state index contributed by atoms with van der Waals surface area (Å²) in [5.74, 6) is -0.0584. The molecule has 0 heterocycles. The molecular formula is C14H10BrIN2O2. The number of nitrogens with one attached hydrogen (secondary N) is 1. The van der Waals surface area contributed by atoms with Crippen molar-refractivity contribution in [1.82, 2.24) is 5.43 Å². The molecule has 6 heteroatoms. The van der Waals surface area contributed by atoms with Crippen molar-refractivity contribution in [3.05, 3.63) is 61.6 Å². The van der Waals surface area contributed by atoms with E-state index in [0.717, 1.165) is 13.6 Å². The van der Waals surface area contributed by atoms with Crippen molar-refractivity contribution < 1.29 is 9.90 Å². The maximum atomic E-state index is 11.8. The van der Waals surface area contributed by atoms with Gasteiger partial charge in [-0.3, -0.25) is 4.79 Å². The molecule has 0 unspecified atom stereocenters. The Morgan fingerprint density at radius 2 is 2.10 bits per heavy atom. The lowest BCUT2D eigenvalue weighted by molar-refractivity contribution is 0.0955. The molecule has 2 rings (SSSR count). The van der Waals surface area contributed by atoms with E-state index in [1.165, 1.54) is 6.21 Å². The molecule has 2 N–H and O–H groups in total. The highest BCUT2D eigenvalue weighted by Crippen LogP contribution is 2.19. The number of phenolic OH excluding ortho intramolecular Hbond substituents is 1. The lowest BCUT2D eigenvalue weighted by Crippen LogP contribution is -2.17. The Bertz CT molecular complexity index is 674. The number of rotatable bonds is 3. The number of amides is 1. The standard InChI is InChI=1S/C14H10BrIN2O2/c15-11-3-1-2-10(7-11)14(20)18-17-8-9-4-5-13(19)12(16)6-9/h1-8,19H,(H,18,20). The summed E-state index contributed by atoms with van der Waals surface area (Å²) in [6.07, 6.45) is 1.53. The summed E-state index contributed by atoms with van der Waals surface area (Å²) >= 11 is 5.33. The third kappa shape index (κ3) is 4.04. The Balaban J connectivity index is 2.02. The van der Waals surface area contributed by atoms with E-state index in [4.69, 9.17) is 0 Å². The lowest BCUT2D eigenvalue weighted by Gasteiger charge is -2.01. The van der Waals surface area contributed by atoms with Gasteiger partial charge >= 0.3 is 0 Å². The first-order valence-corrected chi connectivity index (χ1v) is 7.51. The second-order valence-electron chi connectivity index (χ2n) is 3.92. The minimum atomic E-state index is -0.281. The second-order valence-corrected chi connectivity index (χ2v) is 6.00. The molecular weight excluding hydrogens is 435 g/mol. The topological polar surface area (TPSA) is 61.7 Å². The Labute approximate surface area is 138 Å². The number of hydrogen-bond donors (Lipinski definition) is 2. The number of halogens is 2. The van der Waals surface area contributed by atoms with E-state index in [1.54, 1.807) is 36.4 Å². The normalized spacial score (nSPS) is 10.7. The number of nitrogens with zero attached hydrogens (tertiary/aromatic N) is 1. The predicted octanol–water partition coefficient (Wildman–Crippen LogP) is 3.52. The van der Waals surface area contributed by atoms with Gasteiger partial charge in [-0.05, 0) is 64.6 Å². The molecule has 0 saturated heterocycles. The fraction of sp³-hybridized carbons (Fsp3) is 0. The average molecular weight is 445 g/mol. The lowest BCUT2D eigenvalue weighted by atomic mass is 10.2. The van der Waals surface area contributed by atoms with Gasteiger partial charge < -0.3 is 5.11 Å². The smallest absolute Gasteiger partial charge is 0.271 e. The van der Waals surface area contributed by atoms with Crippen LogP contribution in [0.5, 0.6) is 5.75 Å². The van der Waals surface area contributed by atoms with Crippen molar-refractivity contribution in [1.29, 1.82) is 0 Å². The maximum absolute atomic E-state index is 11.8. The van der Waals surface area contributed by atoms with Crippen LogP contribution in [-0.2, 0) is 0 Å². The van der Waals surface area contributed by atoms with Gasteiger partial charge in [-0.1, -0.05) is 22.0 Å². The zero-order chi connectivity index (χ0) is 14.5. The fourth-order valence-electron chi connectivity index (χ4n) is 1.46. The molecule has 0 aliphatic rings. The van der Waals surface area contributed by atoms with Gasteiger partial charge in [-0.25, -0.2) is 5.43 Å². The molecule has 0 bridgehead atoms. The summed E-state index contributed by atoms with van der Waals surface area (Å²) in [7, 11) is 0. The zero-order valence-corrected chi connectivity index (χ0v) is 13.9. The van der Waals surface area contributed by atoms with Crippen LogP contribution in [0.3, 0.4) is 0 Å². The molecule has 2 aromatic carbocycles. The maximum Gasteiger partial charge on any atom is 0.271 e. The fourth-order valence-corrected chi connectivity index (χ4v) is 2.40. The van der Waals surface area contributed by atoms with Gasteiger partial charge in [-0.15, -0.1) is 0 Å². The molecule has 4 nitrogen and oxygen atoms in total. The van der Waals surface area contributed by atoms with Crippen LogP contribution in [0.25, 0.3) is 0 Å². The number of hydrogen-bond acceptors (Lipinski definition) is 3. The van der Waals surface area contributed by atoms with E-state index in [1.807, 2.05) is 28.7 Å². The molecule has 0 aromatic heterocycles. The van der Waals surface area contributed by atoms with Crippen LogP contribution in [-0.4, -0.2) is 17.2 Å². The van der Waals surface area contributed by atoms with E-state index in [-0.39, 0.29) is 11.7 Å². The van der Waals surface area contributed by atoms with Gasteiger partial charge in [0, 0.05) is 10.0 Å². The van der Waals surface area contributed by atoms with Crippen LogP contribution in [0.2, 0.25) is 0 Å². The van der Waals surface area contributed by atoms with E-state index in [0.29, 0.717) is 5.56 Å². The molecule has 0 saturated carbocycles. The van der Waals surface area contributed by atoms with E-state index in [9.17, 15) is 9.90 Å². The number of carbonyl (C=O) groups excluding carboxylic acids is 1. The molecule has 0 fully saturated rings. The van der Waals surface area contributed by atoms with Crippen molar-refractivity contribution in [3.8, 4) is 5.75 Å². The summed E-state index contributed by atoms with van der Waals surface area (Å²) in [5.41, 5.74) is 3.77. The minimum Gasteiger partial charge on any atom is -0.507 e. The van der Waals surface area contributed by atoms with Crippen LogP contribution in [0.15, 0.2) is 52.0 Å². The summed E-state index contributed by atoms with van der Waals surface area (Å²) in [6.45, 7) is 0. The molecule has 2 aromatic rings. The third-order valence-corrected chi connectivity index (χ3v) is 3.80. The van der Waals surface area contributed by atoms with Gasteiger partial charge in [0.1, 0.15) is 5.75 Å². The van der Waals surface area contributed by atoms with Crippen LogP contribution in [0.4, 0.5) is 0 Å². The number of phenols is 1. The van der Waals surface area contributed by atoms with Gasteiger partial charge in [0.25, 0.3) is 5.91 Å². The number of carbonyl (C=O) groups is 1. The van der Waals surface area contributed by atoms with Crippen molar-refractivity contribution in [3.63, 3.8) is 0 Å². The molecule has 20 heavy (non-hydrogen) atoms. The number of benzene rings is 2. The summed E-state index contributed by atoms with van der Waals surface area (Å²) in [4.78, 5) is 11.8. The first-order chi connectivity index (χ1) is 9.56. The monoisotopic (exact) mass is 444 g/mol. The summed E-state index contributed by atoms with van der Waals surface area (Å²) in [5, 5.41) is 13.3. The molecule has 0 radical (unpaired) electrons. The molecule has 1 amide bonds. The number of aromatic hydroxyl groups is 1. The molecule has 102 valence electrons. The van der Waals surface area contributed by atoms with Gasteiger partial charge in [0.2, 0.25) is 0 Å². The molecule has 0 aliphatic heterocycles. The summed E-state index contributed by atoms with van der Waals surface area (Å²) < 4.78 is 1.56. The first-order valence-electron chi connectivity index (χ1n) is 5.64. The quantitative estimate of drug-likeness (QED) is 0.432. The zero-order valence-electron chi connectivity index (χ0n) is 10.2. The Morgan fingerprint density at radius 3 is 2.80 bits per heavy atom. The van der Waals surface area contributed by atoms with Gasteiger partial charge in [-0.2, -0.15) is 5.10 Å². The van der Waals surface area contributed by atoms with E-state index >= 15 is 0 Å². The second kappa shape index (κ2) is 6.85. The molecule has 0 spiro atoms. The molecule has 0 atom stereocenters. The van der Waals surface area contributed by atoms with Crippen molar-refractivity contribution in [2.24, 2.45) is 5.10 Å². The van der Waals surface area contributed by atoms with E-state index < -0.39 is 0 Å². The highest BCUT2D eigenvalue weighted by Gasteiger charge is 2.03. The van der Waals surface area contributed by atoms with E-state index in [2.05, 4.69) is 26.5 Å². The van der Waals surface area contributed by atoms with Crippen LogP contribution < -0.4 is 5.43 Å². The largest absolute Gasteiger partial charge is 0.507 e. The van der Waals surface area contributed by atoms with Crippen molar-refractivity contribution in [2.75, 3.05) is 0 Å². The minimum absolute atomic E-state index is 0.223. The number of hydrazone groups is 1. The Hall–Kier alpha value is -1.41. The highest BCUT2D eigenvalue weighted by atomic mass is 127. The van der Waals surface area contributed by atoms with Gasteiger partial charge in [0.05, 0.1) is 9.78 Å². The van der Waals surface area contributed by atoms with Crippen molar-refractivity contribution in [2.45, 2.75) is 0 Å². The summed E-state index contributed by atoms with van der Waals surface area (Å²) in [6, 6.07) is 12.1. The highest BCUT2D eigenvalue weighted by molar-refractivity contribution is 14.1. The van der Waals surface area contributed by atoms with Crippen LogP contribution in [0.1, 0.15) is 15.9 Å². The molecule has 0 aliphatic carbocycles. The Kier molecular flexibility index (Phi) is 5.13. The SMILES string of the molecule is O=C(NN=Cc1ccc(O)c(I)c1)c1cccc(Br)c1. The first kappa shape index (κ1) is 15.0. The Morgan fingerprint density at radius 1 is 1.30 bits per heavy atom. The van der Waals surface area contributed by atoms with Gasteiger partial charge in [0.15, 0.2) is 0 Å². The predicted molar refractivity (Wildman–Crippen MR) is 90.0 cm³/mol.